The molecule has 4 fully saturated rings. The average molecular weight is 373 g/mol. The minimum absolute atomic E-state index is 0.0426. The first-order chi connectivity index (χ1) is 12.4. The molecule has 2 heteroatoms. The summed E-state index contributed by atoms with van der Waals surface area (Å²) in [7, 11) is 0. The van der Waals surface area contributed by atoms with E-state index in [0.717, 1.165) is 19.3 Å². The molecule has 10 atom stereocenters. The van der Waals surface area contributed by atoms with Gasteiger partial charge in [0.05, 0.1) is 12.2 Å². The zero-order valence-corrected chi connectivity index (χ0v) is 18.3. The molecule has 1 unspecified atom stereocenters. The van der Waals surface area contributed by atoms with Gasteiger partial charge in [0.25, 0.3) is 0 Å². The summed E-state index contributed by atoms with van der Waals surface area (Å²) in [5, 5.41) is 22.2. The maximum Gasteiger partial charge on any atom is 0.0601 e. The van der Waals surface area contributed by atoms with Gasteiger partial charge in [0.1, 0.15) is 0 Å². The molecule has 2 nitrogen and oxygen atoms in total. The lowest BCUT2D eigenvalue weighted by molar-refractivity contribution is -0.0965. The van der Waals surface area contributed by atoms with Gasteiger partial charge >= 0.3 is 0 Å². The van der Waals surface area contributed by atoms with E-state index in [1.807, 2.05) is 0 Å². The molecular formula is C25H40O2. The van der Waals surface area contributed by atoms with E-state index in [4.69, 9.17) is 0 Å². The van der Waals surface area contributed by atoms with Crippen LogP contribution < -0.4 is 0 Å². The second kappa shape index (κ2) is 5.22. The third-order valence-electron chi connectivity index (χ3n) is 11.0. The van der Waals surface area contributed by atoms with E-state index < -0.39 is 0 Å². The summed E-state index contributed by atoms with van der Waals surface area (Å²) in [6.07, 6.45) is 9.07. The number of aliphatic hydroxyl groups is 2. The molecule has 0 spiro atoms. The Morgan fingerprint density at radius 2 is 1.70 bits per heavy atom. The van der Waals surface area contributed by atoms with Gasteiger partial charge in [0, 0.05) is 0 Å². The molecule has 0 aromatic carbocycles. The number of hydrogen-bond acceptors (Lipinski definition) is 2. The van der Waals surface area contributed by atoms with Crippen LogP contribution in [0.25, 0.3) is 0 Å². The van der Waals surface area contributed by atoms with Gasteiger partial charge in [-0.25, -0.2) is 0 Å². The Balaban J connectivity index is 1.64. The maximum atomic E-state index is 11.2. The lowest BCUT2D eigenvalue weighted by Crippen LogP contribution is -2.53. The topological polar surface area (TPSA) is 40.5 Å². The van der Waals surface area contributed by atoms with E-state index in [0.29, 0.717) is 29.6 Å². The standard InChI is InChI=1S/C25H40O2/c1-14-7-8-16-18(26)11-15-17(25(14,16)6)12-23(4)9-10-24(5)19(27)13-22(2,3)21(24)20(15)23/h12,14-16,18-21,26-27H,7-11,13H2,1-6H3/t14-,15+,16+,18-,19-,20?,21-,23+,24+,25+/m0/s1. The second-order valence-electron chi connectivity index (χ2n) is 12.6. The summed E-state index contributed by atoms with van der Waals surface area (Å²) in [6.45, 7) is 14.6. The Morgan fingerprint density at radius 3 is 2.41 bits per heavy atom. The SMILES string of the molecule is C[C@H]1CC[C@@H]2[C@@H](O)C[C@@H]3C(=C[C@@]4(C)CC[C@]5(C)[C@@H](O)CC(C)(C)[C@@H]5C34)[C@@]21C. The average Bonchev–Trinajstić information content (AvgIpc) is 3.09. The van der Waals surface area contributed by atoms with Crippen molar-refractivity contribution < 1.29 is 10.2 Å². The van der Waals surface area contributed by atoms with Crippen LogP contribution in [0.15, 0.2) is 11.6 Å². The molecule has 5 rings (SSSR count). The van der Waals surface area contributed by atoms with Crippen molar-refractivity contribution in [2.75, 3.05) is 0 Å². The fourth-order valence-corrected chi connectivity index (χ4v) is 9.52. The van der Waals surface area contributed by atoms with E-state index in [9.17, 15) is 10.2 Å². The molecule has 0 radical (unpaired) electrons. The highest BCUT2D eigenvalue weighted by atomic mass is 16.3. The Morgan fingerprint density at radius 1 is 1.00 bits per heavy atom. The minimum atomic E-state index is -0.173. The summed E-state index contributed by atoms with van der Waals surface area (Å²) in [5.74, 6) is 2.76. The number of hydrogen-bond donors (Lipinski definition) is 2. The quantitative estimate of drug-likeness (QED) is 0.575. The lowest BCUT2D eigenvalue weighted by Gasteiger charge is -2.56. The van der Waals surface area contributed by atoms with Gasteiger partial charge in [-0.2, -0.15) is 0 Å². The lowest BCUT2D eigenvalue weighted by atomic mass is 9.48. The van der Waals surface area contributed by atoms with Crippen LogP contribution in [0.1, 0.15) is 80.1 Å². The zero-order valence-electron chi connectivity index (χ0n) is 18.3. The molecule has 2 N–H and O–H groups in total. The Bertz CT molecular complexity index is 694. The first-order valence-corrected chi connectivity index (χ1v) is 11.5. The maximum absolute atomic E-state index is 11.2. The van der Waals surface area contributed by atoms with Crippen LogP contribution in [0, 0.1) is 51.2 Å². The summed E-state index contributed by atoms with van der Waals surface area (Å²) >= 11 is 0. The van der Waals surface area contributed by atoms with Gasteiger partial charge < -0.3 is 10.2 Å². The number of aliphatic hydroxyl groups excluding tert-OH is 2. The van der Waals surface area contributed by atoms with Crippen LogP contribution in [0.2, 0.25) is 0 Å². The number of rotatable bonds is 0. The molecule has 27 heavy (non-hydrogen) atoms. The molecule has 0 aromatic heterocycles. The molecule has 0 aromatic rings. The van der Waals surface area contributed by atoms with Crippen molar-refractivity contribution >= 4 is 0 Å². The van der Waals surface area contributed by atoms with Crippen molar-refractivity contribution in [2.45, 2.75) is 92.3 Å². The molecule has 5 aliphatic rings. The zero-order chi connectivity index (χ0) is 19.6. The third kappa shape index (κ3) is 2.05. The molecule has 5 aliphatic carbocycles. The normalized spacial score (nSPS) is 61.0. The van der Waals surface area contributed by atoms with Gasteiger partial charge in [0.15, 0.2) is 0 Å². The fourth-order valence-electron chi connectivity index (χ4n) is 9.52. The highest BCUT2D eigenvalue weighted by Gasteiger charge is 2.69. The molecule has 0 bridgehead atoms. The summed E-state index contributed by atoms with van der Waals surface area (Å²) in [5.41, 5.74) is 2.34. The monoisotopic (exact) mass is 372 g/mol. The minimum Gasteiger partial charge on any atom is -0.393 e. The van der Waals surface area contributed by atoms with E-state index in [1.54, 1.807) is 5.57 Å². The molecule has 152 valence electrons. The first kappa shape index (κ1) is 18.7. The van der Waals surface area contributed by atoms with Crippen LogP contribution in [0.4, 0.5) is 0 Å². The molecular weight excluding hydrogens is 332 g/mol. The van der Waals surface area contributed by atoms with Crippen molar-refractivity contribution in [1.82, 2.24) is 0 Å². The summed E-state index contributed by atoms with van der Waals surface area (Å²) in [6, 6.07) is 0. The second-order valence-corrected chi connectivity index (χ2v) is 12.6. The Labute approximate surface area is 165 Å². The van der Waals surface area contributed by atoms with Gasteiger partial charge in [-0.05, 0) is 89.8 Å². The summed E-state index contributed by atoms with van der Waals surface area (Å²) in [4.78, 5) is 0. The number of allylic oxidation sites excluding steroid dienone is 2. The van der Waals surface area contributed by atoms with Crippen molar-refractivity contribution in [3.63, 3.8) is 0 Å². The van der Waals surface area contributed by atoms with Crippen LogP contribution in [0.3, 0.4) is 0 Å². The number of fused-ring (bicyclic) bond motifs is 7. The van der Waals surface area contributed by atoms with Crippen molar-refractivity contribution in [1.29, 1.82) is 0 Å². The van der Waals surface area contributed by atoms with Gasteiger partial charge in [-0.15, -0.1) is 0 Å². The van der Waals surface area contributed by atoms with E-state index in [-0.39, 0.29) is 33.9 Å². The highest BCUT2D eigenvalue weighted by Crippen LogP contribution is 2.74. The van der Waals surface area contributed by atoms with Gasteiger partial charge in [-0.3, -0.25) is 0 Å². The van der Waals surface area contributed by atoms with Crippen LogP contribution >= 0.6 is 0 Å². The van der Waals surface area contributed by atoms with Crippen LogP contribution in [0.5, 0.6) is 0 Å². The molecule has 0 heterocycles. The fraction of sp³-hybridized carbons (Fsp3) is 0.920. The van der Waals surface area contributed by atoms with Crippen LogP contribution in [-0.4, -0.2) is 22.4 Å². The first-order valence-electron chi connectivity index (χ1n) is 11.5. The van der Waals surface area contributed by atoms with Gasteiger partial charge in [-0.1, -0.05) is 53.2 Å². The van der Waals surface area contributed by atoms with Crippen LogP contribution in [-0.2, 0) is 0 Å². The predicted octanol–water partition coefficient (Wildman–Crippen LogP) is 5.19. The molecule has 4 saturated carbocycles. The Hall–Kier alpha value is -0.340. The smallest absolute Gasteiger partial charge is 0.0601 e. The molecule has 0 saturated heterocycles. The molecule has 0 aliphatic heterocycles. The van der Waals surface area contributed by atoms with Gasteiger partial charge in [0.2, 0.25) is 0 Å². The Kier molecular flexibility index (Phi) is 3.61. The van der Waals surface area contributed by atoms with E-state index in [2.05, 4.69) is 47.6 Å². The van der Waals surface area contributed by atoms with Crippen molar-refractivity contribution in [3.8, 4) is 0 Å². The van der Waals surface area contributed by atoms with E-state index in [1.165, 1.54) is 19.3 Å². The molecule has 0 amide bonds. The highest BCUT2D eigenvalue weighted by molar-refractivity contribution is 5.37. The third-order valence-corrected chi connectivity index (χ3v) is 11.0. The van der Waals surface area contributed by atoms with E-state index >= 15 is 0 Å². The van der Waals surface area contributed by atoms with Crippen molar-refractivity contribution in [3.05, 3.63) is 11.6 Å². The summed E-state index contributed by atoms with van der Waals surface area (Å²) < 4.78 is 0. The largest absolute Gasteiger partial charge is 0.393 e. The predicted molar refractivity (Wildman–Crippen MR) is 109 cm³/mol. The van der Waals surface area contributed by atoms with Crippen molar-refractivity contribution in [2.24, 2.45) is 51.2 Å².